The summed E-state index contributed by atoms with van der Waals surface area (Å²) in [6.07, 6.45) is 2.14. The number of aliphatic imine (C=N–C) groups is 1. The number of hydrogen-bond donors (Lipinski definition) is 1. The molecule has 1 fully saturated rings. The maximum Gasteiger partial charge on any atom is 0.410 e. The molecule has 3 aromatic rings. The number of hydrogen-bond acceptors (Lipinski definition) is 8. The zero-order valence-corrected chi connectivity index (χ0v) is 35.9. The van der Waals surface area contributed by atoms with Crippen molar-refractivity contribution in [3.63, 3.8) is 0 Å². The molecule has 312 valence electrons. The Morgan fingerprint density at radius 2 is 1.60 bits per heavy atom. The number of nitrogens with zero attached hydrogens (tertiary/aromatic N) is 3. The highest BCUT2D eigenvalue weighted by Gasteiger charge is 2.55. The molecule has 0 aliphatic carbocycles. The monoisotopic (exact) mass is 818 g/mol. The molecule has 0 spiro atoms. The molecule has 0 saturated carbocycles. The van der Waals surface area contributed by atoms with Crippen LogP contribution in [-0.2, 0) is 15.6 Å². The molecule has 5 atom stereocenters. The highest BCUT2D eigenvalue weighted by molar-refractivity contribution is 6.99. The lowest BCUT2D eigenvalue weighted by molar-refractivity contribution is -0.0949. The quantitative estimate of drug-likeness (QED) is 0.211. The lowest BCUT2D eigenvalue weighted by Gasteiger charge is -2.51. The van der Waals surface area contributed by atoms with Gasteiger partial charge in [-0.25, -0.2) is 18.0 Å². The van der Waals surface area contributed by atoms with Gasteiger partial charge in [-0.15, -0.1) is 0 Å². The third-order valence-corrected chi connectivity index (χ3v) is 16.8. The van der Waals surface area contributed by atoms with Gasteiger partial charge in [0.25, 0.3) is 14.2 Å². The van der Waals surface area contributed by atoms with E-state index < -0.39 is 61.8 Å². The Hall–Kier alpha value is -4.33. The molecule has 4 heterocycles. The van der Waals surface area contributed by atoms with Gasteiger partial charge in [0.15, 0.2) is 11.5 Å². The largest absolute Gasteiger partial charge is 0.454 e. The summed E-state index contributed by atoms with van der Waals surface area (Å²) >= 11 is 0. The first-order valence-electron chi connectivity index (χ1n) is 20.3. The van der Waals surface area contributed by atoms with E-state index in [4.69, 9.17) is 23.6 Å². The number of ether oxygens (including phenoxy) is 3. The molecule has 13 heteroatoms. The fourth-order valence-electron chi connectivity index (χ4n) is 9.05. The smallest absolute Gasteiger partial charge is 0.410 e. The summed E-state index contributed by atoms with van der Waals surface area (Å²) in [7, 11) is -3.29. The fourth-order valence-corrected chi connectivity index (χ4v) is 13.6. The van der Waals surface area contributed by atoms with Crippen LogP contribution in [0.5, 0.6) is 11.5 Å². The van der Waals surface area contributed by atoms with Crippen molar-refractivity contribution in [2.45, 2.75) is 115 Å². The van der Waals surface area contributed by atoms with E-state index in [0.29, 0.717) is 48.7 Å². The van der Waals surface area contributed by atoms with Gasteiger partial charge in [0.2, 0.25) is 6.79 Å². The minimum absolute atomic E-state index is 0.0469. The topological polar surface area (TPSA) is 84.9 Å². The summed E-state index contributed by atoms with van der Waals surface area (Å²) in [6.45, 7) is 14.7. The fraction of sp³-hybridized carbons (Fsp3) is 0.511. The molecular formula is C45H57F3N4O5Si. The standard InChI is InChI=1S/C45H57F3N4O5Si/c1-30-21-31-22-37-38(55-29-54-37)24-36(31)40(44(8)39(46)23-33(25-49-44)50-32-19-20-51(26-32)41(53)57-42(2,3)4)52(30)27-45(47,48)28-56-58(43(5,6)7,34-15-11-9-12-16-34)35-17-13-10-14-18-35/h9-18,22-25,30,32,39-40,50H,19-21,26-29H2,1-8H3/t30-,32+,39?,40+,44?/m1/s1. The number of likely N-dealkylation sites (tertiary alicyclic amines) is 1. The number of carbonyl (C=O) groups is 1. The van der Waals surface area contributed by atoms with Crippen molar-refractivity contribution in [1.82, 2.24) is 15.1 Å². The van der Waals surface area contributed by atoms with Gasteiger partial charge in [0, 0.05) is 31.4 Å². The van der Waals surface area contributed by atoms with Crippen molar-refractivity contribution < 1.29 is 36.6 Å². The number of rotatable bonds is 10. The normalized spacial score (nSPS) is 25.0. The number of nitrogens with one attached hydrogen (secondary N) is 1. The molecule has 7 rings (SSSR count). The number of alkyl halides is 3. The molecule has 4 aliphatic heterocycles. The Kier molecular flexibility index (Phi) is 11.3. The Bertz CT molecular complexity index is 1980. The van der Waals surface area contributed by atoms with E-state index in [2.05, 4.69) is 26.1 Å². The summed E-state index contributed by atoms with van der Waals surface area (Å²) in [5.41, 5.74) is -0.0619. The highest BCUT2D eigenvalue weighted by atomic mass is 28.4. The second-order valence-electron chi connectivity index (χ2n) is 18.4. The number of halogens is 3. The Morgan fingerprint density at radius 3 is 2.19 bits per heavy atom. The number of dihydropyridines is 1. The van der Waals surface area contributed by atoms with E-state index in [1.807, 2.05) is 100 Å². The molecule has 58 heavy (non-hydrogen) atoms. The average Bonchev–Trinajstić information content (AvgIpc) is 3.82. The first-order valence-corrected chi connectivity index (χ1v) is 22.2. The summed E-state index contributed by atoms with van der Waals surface area (Å²) in [4.78, 5) is 20.9. The molecule has 2 unspecified atom stereocenters. The molecule has 1 saturated heterocycles. The second kappa shape index (κ2) is 15.7. The lowest BCUT2D eigenvalue weighted by atomic mass is 9.75. The molecular weight excluding hydrogens is 762 g/mol. The SMILES string of the molecule is C[C@@H]1Cc2cc3c(cc2[C@@H](C2(C)N=CC(N[C@H]4CCN(C(=O)OC(C)(C)C)C4)=CC2F)N1CC(F)(F)CO[Si](c1ccccc1)(c1ccccc1)C(C)(C)C)OCO3. The van der Waals surface area contributed by atoms with Crippen LogP contribution in [0.25, 0.3) is 0 Å². The van der Waals surface area contributed by atoms with Crippen molar-refractivity contribution in [3.8, 4) is 11.5 Å². The van der Waals surface area contributed by atoms with Crippen LogP contribution in [0.15, 0.2) is 89.6 Å². The molecule has 1 N–H and O–H groups in total. The minimum Gasteiger partial charge on any atom is -0.454 e. The maximum atomic E-state index is 17.0. The van der Waals surface area contributed by atoms with Crippen LogP contribution in [0.1, 0.15) is 79.0 Å². The van der Waals surface area contributed by atoms with E-state index in [9.17, 15) is 4.79 Å². The predicted molar refractivity (Wildman–Crippen MR) is 223 cm³/mol. The van der Waals surface area contributed by atoms with Crippen LogP contribution in [0.3, 0.4) is 0 Å². The Balaban J connectivity index is 1.17. The van der Waals surface area contributed by atoms with E-state index in [0.717, 1.165) is 15.9 Å². The maximum absolute atomic E-state index is 17.0. The molecule has 4 aliphatic rings. The number of amides is 1. The zero-order chi connectivity index (χ0) is 41.7. The zero-order valence-electron chi connectivity index (χ0n) is 34.9. The van der Waals surface area contributed by atoms with Crippen molar-refractivity contribution in [2.24, 2.45) is 4.99 Å². The van der Waals surface area contributed by atoms with E-state index >= 15 is 13.2 Å². The Labute approximate surface area is 341 Å². The molecule has 1 amide bonds. The summed E-state index contributed by atoms with van der Waals surface area (Å²) in [5.74, 6) is -2.26. The van der Waals surface area contributed by atoms with E-state index in [-0.39, 0.29) is 18.9 Å². The molecule has 3 aromatic carbocycles. The predicted octanol–water partition coefficient (Wildman–Crippen LogP) is 7.58. The third kappa shape index (κ3) is 8.27. The van der Waals surface area contributed by atoms with Crippen LogP contribution in [0.2, 0.25) is 5.04 Å². The van der Waals surface area contributed by atoms with Crippen molar-refractivity contribution in [1.29, 1.82) is 0 Å². The first-order chi connectivity index (χ1) is 27.3. The van der Waals surface area contributed by atoms with Crippen molar-refractivity contribution in [3.05, 3.63) is 95.7 Å². The first kappa shape index (κ1) is 41.8. The van der Waals surface area contributed by atoms with E-state index in [1.165, 1.54) is 6.08 Å². The highest BCUT2D eigenvalue weighted by Crippen LogP contribution is 2.50. The number of carbonyl (C=O) groups excluding carboxylic acids is 1. The molecule has 0 radical (unpaired) electrons. The van der Waals surface area contributed by atoms with E-state index in [1.54, 1.807) is 22.9 Å². The van der Waals surface area contributed by atoms with Crippen molar-refractivity contribution in [2.75, 3.05) is 33.0 Å². The van der Waals surface area contributed by atoms with Gasteiger partial charge in [0.1, 0.15) is 17.3 Å². The minimum atomic E-state index is -3.33. The van der Waals surface area contributed by atoms with Gasteiger partial charge < -0.3 is 28.9 Å². The summed E-state index contributed by atoms with van der Waals surface area (Å²) in [5, 5.41) is 4.68. The lowest BCUT2D eigenvalue weighted by Crippen LogP contribution is -2.67. The van der Waals surface area contributed by atoms with Gasteiger partial charge in [-0.3, -0.25) is 9.89 Å². The number of allylic oxidation sites excluding steroid dienone is 1. The Morgan fingerprint density at radius 1 is 0.983 bits per heavy atom. The number of fused-ring (bicyclic) bond motifs is 2. The molecule has 9 nitrogen and oxygen atoms in total. The second-order valence-corrected chi connectivity index (χ2v) is 22.7. The average molecular weight is 819 g/mol. The van der Waals surface area contributed by atoms with Gasteiger partial charge in [-0.2, -0.15) is 0 Å². The van der Waals surface area contributed by atoms with Gasteiger partial charge in [0.05, 0.1) is 24.9 Å². The van der Waals surface area contributed by atoms with Crippen LogP contribution in [0, 0.1) is 0 Å². The van der Waals surface area contributed by atoms with Crippen LogP contribution in [-0.4, -0.2) is 98.8 Å². The summed E-state index contributed by atoms with van der Waals surface area (Å²) < 4.78 is 74.8. The number of benzene rings is 3. The summed E-state index contributed by atoms with van der Waals surface area (Å²) in [6, 6.07) is 21.8. The van der Waals surface area contributed by atoms with Gasteiger partial charge in [-0.05, 0) is 92.2 Å². The van der Waals surface area contributed by atoms with Crippen LogP contribution < -0.4 is 25.2 Å². The van der Waals surface area contributed by atoms with Crippen LogP contribution >= 0.6 is 0 Å². The third-order valence-electron chi connectivity index (χ3n) is 11.8. The van der Waals surface area contributed by atoms with Gasteiger partial charge >= 0.3 is 6.09 Å². The van der Waals surface area contributed by atoms with Crippen LogP contribution in [0.4, 0.5) is 18.0 Å². The molecule has 0 bridgehead atoms. The van der Waals surface area contributed by atoms with Crippen molar-refractivity contribution >= 4 is 31.0 Å². The van der Waals surface area contributed by atoms with Gasteiger partial charge in [-0.1, -0.05) is 81.4 Å². The molecule has 0 aromatic heterocycles.